The molecule has 1 aliphatic heterocycles. The van der Waals surface area contributed by atoms with E-state index in [1.165, 1.54) is 0 Å². The zero-order chi connectivity index (χ0) is 13.1. The highest BCUT2D eigenvalue weighted by molar-refractivity contribution is 6.04. The van der Waals surface area contributed by atoms with Gasteiger partial charge in [0.1, 0.15) is 6.04 Å². The van der Waals surface area contributed by atoms with Crippen LogP contribution in [0.2, 0.25) is 0 Å². The van der Waals surface area contributed by atoms with Crippen LogP contribution in [0.1, 0.15) is 18.5 Å². The van der Waals surface area contributed by atoms with E-state index in [2.05, 4.69) is 12.2 Å². The summed E-state index contributed by atoms with van der Waals surface area (Å²) in [5, 5.41) is 3.33. The molecule has 1 aromatic rings. The quantitative estimate of drug-likeness (QED) is 0.860. The number of hydrogen-bond acceptors (Lipinski definition) is 3. The van der Waals surface area contributed by atoms with Gasteiger partial charge in [0.2, 0.25) is 5.91 Å². The summed E-state index contributed by atoms with van der Waals surface area (Å²) in [6.45, 7) is 3.57. The summed E-state index contributed by atoms with van der Waals surface area (Å²) >= 11 is 0. The van der Waals surface area contributed by atoms with Gasteiger partial charge in [-0.25, -0.2) is 0 Å². The number of ether oxygens (including phenoxy) is 1. The molecule has 1 N–H and O–H groups in total. The SMILES string of the molecule is COCC(C)CNC1C(=O)N(C)c2ccccc21. The molecule has 4 nitrogen and oxygen atoms in total. The molecule has 4 heteroatoms. The smallest absolute Gasteiger partial charge is 0.248 e. The van der Waals surface area contributed by atoms with E-state index in [0.717, 1.165) is 17.8 Å². The normalized spacial score (nSPS) is 20.1. The van der Waals surface area contributed by atoms with Gasteiger partial charge in [0, 0.05) is 38.6 Å². The topological polar surface area (TPSA) is 41.6 Å². The molecule has 0 radical (unpaired) electrons. The number of benzene rings is 1. The van der Waals surface area contributed by atoms with Gasteiger partial charge in [-0.2, -0.15) is 0 Å². The number of nitrogens with zero attached hydrogens (tertiary/aromatic N) is 1. The second-order valence-corrected chi connectivity index (χ2v) is 4.86. The van der Waals surface area contributed by atoms with Crippen molar-refractivity contribution < 1.29 is 9.53 Å². The van der Waals surface area contributed by atoms with Crippen molar-refractivity contribution in [3.05, 3.63) is 29.8 Å². The lowest BCUT2D eigenvalue weighted by Crippen LogP contribution is -2.35. The number of anilines is 1. The molecule has 2 unspecified atom stereocenters. The molecule has 1 amide bonds. The van der Waals surface area contributed by atoms with Crippen LogP contribution < -0.4 is 10.2 Å². The van der Waals surface area contributed by atoms with E-state index in [0.29, 0.717) is 12.5 Å². The lowest BCUT2D eigenvalue weighted by atomic mass is 10.1. The van der Waals surface area contributed by atoms with Gasteiger partial charge in [-0.15, -0.1) is 0 Å². The third-order valence-corrected chi connectivity index (χ3v) is 3.31. The molecule has 1 aliphatic rings. The second-order valence-electron chi connectivity index (χ2n) is 4.86. The predicted molar refractivity (Wildman–Crippen MR) is 71.6 cm³/mol. The predicted octanol–water partition coefficient (Wildman–Crippen LogP) is 1.58. The fourth-order valence-corrected chi connectivity index (χ4v) is 2.34. The van der Waals surface area contributed by atoms with Crippen molar-refractivity contribution in [2.75, 3.05) is 32.2 Å². The zero-order valence-corrected chi connectivity index (χ0v) is 11.1. The van der Waals surface area contributed by atoms with Crippen LogP contribution in [0.25, 0.3) is 0 Å². The number of para-hydroxylation sites is 1. The number of fused-ring (bicyclic) bond motifs is 1. The molecular formula is C14H20N2O2. The second kappa shape index (κ2) is 5.50. The van der Waals surface area contributed by atoms with Crippen molar-refractivity contribution in [3.8, 4) is 0 Å². The van der Waals surface area contributed by atoms with E-state index in [4.69, 9.17) is 4.74 Å². The number of nitrogens with one attached hydrogen (secondary N) is 1. The van der Waals surface area contributed by atoms with Crippen LogP contribution in [-0.4, -0.2) is 33.2 Å². The van der Waals surface area contributed by atoms with Gasteiger partial charge in [-0.1, -0.05) is 25.1 Å². The Morgan fingerprint density at radius 3 is 2.89 bits per heavy atom. The first kappa shape index (κ1) is 13.1. The molecule has 1 aromatic carbocycles. The summed E-state index contributed by atoms with van der Waals surface area (Å²) in [6.07, 6.45) is 0. The average molecular weight is 248 g/mol. The summed E-state index contributed by atoms with van der Waals surface area (Å²) in [5.41, 5.74) is 2.06. The van der Waals surface area contributed by atoms with E-state index in [9.17, 15) is 4.79 Å². The molecule has 98 valence electrons. The summed E-state index contributed by atoms with van der Waals surface area (Å²) in [4.78, 5) is 13.9. The number of rotatable bonds is 5. The Balaban J connectivity index is 2.07. The van der Waals surface area contributed by atoms with Gasteiger partial charge in [0.25, 0.3) is 0 Å². The monoisotopic (exact) mass is 248 g/mol. The van der Waals surface area contributed by atoms with Gasteiger partial charge >= 0.3 is 0 Å². The Bertz CT molecular complexity index is 434. The van der Waals surface area contributed by atoms with E-state index >= 15 is 0 Å². The Kier molecular flexibility index (Phi) is 3.99. The molecule has 0 saturated heterocycles. The maximum Gasteiger partial charge on any atom is 0.248 e. The molecule has 18 heavy (non-hydrogen) atoms. The van der Waals surface area contributed by atoms with Crippen LogP contribution in [0.15, 0.2) is 24.3 Å². The Labute approximate surface area is 108 Å². The molecule has 1 heterocycles. The molecule has 2 rings (SSSR count). The molecule has 2 atom stereocenters. The number of hydrogen-bond donors (Lipinski definition) is 1. The Hall–Kier alpha value is -1.39. The van der Waals surface area contributed by atoms with Crippen molar-refractivity contribution >= 4 is 11.6 Å². The Morgan fingerprint density at radius 1 is 1.44 bits per heavy atom. The van der Waals surface area contributed by atoms with Crippen molar-refractivity contribution in [3.63, 3.8) is 0 Å². The first-order valence-corrected chi connectivity index (χ1v) is 6.24. The van der Waals surface area contributed by atoms with Gasteiger partial charge < -0.3 is 15.0 Å². The number of methoxy groups -OCH3 is 1. The van der Waals surface area contributed by atoms with Crippen molar-refractivity contribution in [1.82, 2.24) is 5.32 Å². The van der Waals surface area contributed by atoms with Gasteiger partial charge in [-0.3, -0.25) is 4.79 Å². The third kappa shape index (κ3) is 2.40. The number of carbonyl (C=O) groups is 1. The summed E-state index contributed by atoms with van der Waals surface area (Å²) in [7, 11) is 3.52. The number of amides is 1. The fraction of sp³-hybridized carbons (Fsp3) is 0.500. The van der Waals surface area contributed by atoms with Gasteiger partial charge in [0.05, 0.1) is 0 Å². The Morgan fingerprint density at radius 2 is 2.17 bits per heavy atom. The first-order valence-electron chi connectivity index (χ1n) is 6.24. The minimum absolute atomic E-state index is 0.112. The largest absolute Gasteiger partial charge is 0.384 e. The van der Waals surface area contributed by atoms with E-state index in [-0.39, 0.29) is 11.9 Å². The molecule has 0 bridgehead atoms. The molecule has 0 aromatic heterocycles. The number of carbonyl (C=O) groups excluding carboxylic acids is 1. The molecule has 0 aliphatic carbocycles. The van der Waals surface area contributed by atoms with Crippen molar-refractivity contribution in [1.29, 1.82) is 0 Å². The van der Waals surface area contributed by atoms with E-state index in [1.54, 1.807) is 12.0 Å². The van der Waals surface area contributed by atoms with Crippen molar-refractivity contribution in [2.24, 2.45) is 5.92 Å². The molecular weight excluding hydrogens is 228 g/mol. The minimum atomic E-state index is -0.217. The highest BCUT2D eigenvalue weighted by Crippen LogP contribution is 2.34. The van der Waals surface area contributed by atoms with Gasteiger partial charge in [0.15, 0.2) is 0 Å². The summed E-state index contributed by atoms with van der Waals surface area (Å²) < 4.78 is 5.10. The van der Waals surface area contributed by atoms with Crippen LogP contribution in [0.5, 0.6) is 0 Å². The average Bonchev–Trinajstić information content (AvgIpc) is 2.61. The highest BCUT2D eigenvalue weighted by atomic mass is 16.5. The minimum Gasteiger partial charge on any atom is -0.384 e. The standard InChI is InChI=1S/C14H20N2O2/c1-10(9-18-3)8-15-13-11-6-4-5-7-12(11)16(2)14(13)17/h4-7,10,13,15H,8-9H2,1-3H3. The van der Waals surface area contributed by atoms with E-state index < -0.39 is 0 Å². The van der Waals surface area contributed by atoms with Crippen LogP contribution in [-0.2, 0) is 9.53 Å². The lowest BCUT2D eigenvalue weighted by molar-refractivity contribution is -0.119. The summed E-state index contributed by atoms with van der Waals surface area (Å²) in [6, 6.07) is 7.70. The first-order chi connectivity index (χ1) is 8.65. The third-order valence-electron chi connectivity index (χ3n) is 3.31. The van der Waals surface area contributed by atoms with Crippen LogP contribution >= 0.6 is 0 Å². The van der Waals surface area contributed by atoms with Gasteiger partial charge in [-0.05, 0) is 12.0 Å². The van der Waals surface area contributed by atoms with Crippen molar-refractivity contribution in [2.45, 2.75) is 13.0 Å². The van der Waals surface area contributed by atoms with Crippen LogP contribution in [0.4, 0.5) is 5.69 Å². The van der Waals surface area contributed by atoms with E-state index in [1.807, 2.05) is 31.3 Å². The fourth-order valence-electron chi connectivity index (χ4n) is 2.34. The lowest BCUT2D eigenvalue weighted by Gasteiger charge is -2.16. The maximum atomic E-state index is 12.2. The zero-order valence-electron chi connectivity index (χ0n) is 11.1. The molecule has 0 saturated carbocycles. The molecule has 0 spiro atoms. The number of likely N-dealkylation sites (N-methyl/N-ethyl adjacent to an activating group) is 1. The maximum absolute atomic E-state index is 12.2. The van der Waals surface area contributed by atoms with Crippen LogP contribution in [0, 0.1) is 5.92 Å². The van der Waals surface area contributed by atoms with Crippen LogP contribution in [0.3, 0.4) is 0 Å². The highest BCUT2D eigenvalue weighted by Gasteiger charge is 2.34. The molecule has 0 fully saturated rings. The summed E-state index contributed by atoms with van der Waals surface area (Å²) in [5.74, 6) is 0.502.